The average Bonchev–Trinajstić information content (AvgIpc) is 2.61. The number of amides is 2. The average molecular weight is 323 g/mol. The molecule has 5 heteroatoms. The van der Waals surface area contributed by atoms with Crippen LogP contribution in [0.25, 0.3) is 0 Å². The maximum absolute atomic E-state index is 12.8. The summed E-state index contributed by atoms with van der Waals surface area (Å²) in [6.45, 7) is 4.37. The molecule has 5 nitrogen and oxygen atoms in total. The molecular formula is C19H21N3O2. The molecule has 0 saturated heterocycles. The van der Waals surface area contributed by atoms with E-state index in [1.165, 1.54) is 6.92 Å². The largest absolute Gasteiger partial charge is 0.349 e. The molecule has 3 rings (SSSR count). The summed E-state index contributed by atoms with van der Waals surface area (Å²) in [6.07, 6.45) is 1.70. The molecule has 0 fully saturated rings. The highest BCUT2D eigenvalue weighted by Crippen LogP contribution is 2.27. The Hall–Kier alpha value is -2.69. The van der Waals surface area contributed by atoms with Gasteiger partial charge in [-0.15, -0.1) is 0 Å². The smallest absolute Gasteiger partial charge is 0.231 e. The van der Waals surface area contributed by atoms with E-state index in [0.29, 0.717) is 13.1 Å². The van der Waals surface area contributed by atoms with Crippen molar-refractivity contribution in [2.45, 2.75) is 32.4 Å². The molecule has 124 valence electrons. The van der Waals surface area contributed by atoms with Crippen molar-refractivity contribution in [3.63, 3.8) is 0 Å². The molecule has 2 heterocycles. The molecule has 1 N–H and O–H groups in total. The molecular weight excluding hydrogens is 302 g/mol. The minimum atomic E-state index is -0.440. The first-order chi connectivity index (χ1) is 11.6. The second kappa shape index (κ2) is 6.83. The Kier molecular flexibility index (Phi) is 4.60. The molecule has 1 aliphatic heterocycles. The number of nitrogens with one attached hydrogen (secondary N) is 1. The standard InChI is InChI=1S/C19H21N3O2/c1-13(15-7-4-3-5-8-15)21-19(24)17-12-22(14(2)23)11-16-9-6-10-20-18(16)17/h3-10,13,17H,11-12H2,1-2H3,(H,21,24). The summed E-state index contributed by atoms with van der Waals surface area (Å²) in [5.74, 6) is -0.569. The van der Waals surface area contributed by atoms with Crippen molar-refractivity contribution in [3.8, 4) is 0 Å². The third-order valence-electron chi connectivity index (χ3n) is 4.44. The van der Waals surface area contributed by atoms with E-state index < -0.39 is 5.92 Å². The number of pyridine rings is 1. The van der Waals surface area contributed by atoms with Crippen LogP contribution in [0.3, 0.4) is 0 Å². The molecule has 1 aromatic carbocycles. The number of hydrogen-bond acceptors (Lipinski definition) is 3. The zero-order valence-corrected chi connectivity index (χ0v) is 13.9. The fourth-order valence-electron chi connectivity index (χ4n) is 3.06. The maximum atomic E-state index is 12.8. The Labute approximate surface area is 141 Å². The normalized spacial score (nSPS) is 17.8. The van der Waals surface area contributed by atoms with Crippen LogP contribution in [0.2, 0.25) is 0 Å². The number of nitrogens with zero attached hydrogens (tertiary/aromatic N) is 2. The topological polar surface area (TPSA) is 62.3 Å². The number of fused-ring (bicyclic) bond motifs is 1. The summed E-state index contributed by atoms with van der Waals surface area (Å²) >= 11 is 0. The Bertz CT molecular complexity index is 745. The maximum Gasteiger partial charge on any atom is 0.231 e. The molecule has 2 atom stereocenters. The van der Waals surface area contributed by atoms with E-state index in [9.17, 15) is 9.59 Å². The van der Waals surface area contributed by atoms with Crippen LogP contribution in [0.1, 0.15) is 42.6 Å². The highest BCUT2D eigenvalue weighted by molar-refractivity contribution is 5.85. The minimum absolute atomic E-state index is 0.0292. The summed E-state index contributed by atoms with van der Waals surface area (Å²) in [6, 6.07) is 13.5. The molecule has 2 unspecified atom stereocenters. The van der Waals surface area contributed by atoms with Crippen molar-refractivity contribution in [2.75, 3.05) is 6.54 Å². The van der Waals surface area contributed by atoms with Crippen molar-refractivity contribution in [1.29, 1.82) is 0 Å². The summed E-state index contributed by atoms with van der Waals surface area (Å²) in [4.78, 5) is 30.7. The predicted octanol–water partition coefficient (Wildman–Crippen LogP) is 2.40. The Balaban J connectivity index is 1.82. The van der Waals surface area contributed by atoms with E-state index in [0.717, 1.165) is 16.8 Å². The minimum Gasteiger partial charge on any atom is -0.349 e. The Morgan fingerprint density at radius 2 is 1.96 bits per heavy atom. The van der Waals surface area contributed by atoms with E-state index in [1.54, 1.807) is 11.1 Å². The van der Waals surface area contributed by atoms with E-state index >= 15 is 0 Å². The van der Waals surface area contributed by atoms with Gasteiger partial charge in [0.25, 0.3) is 0 Å². The highest BCUT2D eigenvalue weighted by Gasteiger charge is 2.33. The highest BCUT2D eigenvalue weighted by atomic mass is 16.2. The van der Waals surface area contributed by atoms with Crippen LogP contribution in [0, 0.1) is 0 Å². The van der Waals surface area contributed by atoms with Crippen molar-refractivity contribution < 1.29 is 9.59 Å². The fourth-order valence-corrected chi connectivity index (χ4v) is 3.06. The van der Waals surface area contributed by atoms with Crippen LogP contribution in [0.15, 0.2) is 48.7 Å². The van der Waals surface area contributed by atoms with E-state index in [1.807, 2.05) is 49.4 Å². The van der Waals surface area contributed by atoms with Crippen molar-refractivity contribution in [3.05, 3.63) is 65.5 Å². The second-order valence-corrected chi connectivity index (χ2v) is 6.14. The molecule has 0 radical (unpaired) electrons. The van der Waals surface area contributed by atoms with Gasteiger partial charge >= 0.3 is 0 Å². The molecule has 0 saturated carbocycles. The van der Waals surface area contributed by atoms with Crippen LogP contribution in [0.4, 0.5) is 0 Å². The summed E-state index contributed by atoms with van der Waals surface area (Å²) in [5.41, 5.74) is 2.76. The first kappa shape index (κ1) is 16.2. The number of carbonyl (C=O) groups is 2. The molecule has 2 amide bonds. The van der Waals surface area contributed by atoms with Crippen molar-refractivity contribution in [2.24, 2.45) is 0 Å². The summed E-state index contributed by atoms with van der Waals surface area (Å²) in [7, 11) is 0. The molecule has 0 spiro atoms. The summed E-state index contributed by atoms with van der Waals surface area (Å²) in [5, 5.41) is 3.05. The molecule has 0 aliphatic carbocycles. The zero-order valence-electron chi connectivity index (χ0n) is 13.9. The number of benzene rings is 1. The lowest BCUT2D eigenvalue weighted by molar-refractivity contribution is -0.131. The van der Waals surface area contributed by atoms with Crippen molar-refractivity contribution in [1.82, 2.24) is 15.2 Å². The van der Waals surface area contributed by atoms with Crippen LogP contribution in [-0.4, -0.2) is 28.2 Å². The van der Waals surface area contributed by atoms with Gasteiger partial charge in [-0.2, -0.15) is 0 Å². The van der Waals surface area contributed by atoms with E-state index in [4.69, 9.17) is 0 Å². The quantitative estimate of drug-likeness (QED) is 0.943. The number of carbonyl (C=O) groups excluding carboxylic acids is 2. The summed E-state index contributed by atoms with van der Waals surface area (Å²) < 4.78 is 0. The van der Waals surface area contributed by atoms with E-state index in [-0.39, 0.29) is 17.9 Å². The third-order valence-corrected chi connectivity index (χ3v) is 4.44. The van der Waals surface area contributed by atoms with Gasteiger partial charge in [-0.25, -0.2) is 0 Å². The van der Waals surface area contributed by atoms with Gasteiger partial charge in [0.15, 0.2) is 0 Å². The lowest BCUT2D eigenvalue weighted by atomic mass is 9.93. The fraction of sp³-hybridized carbons (Fsp3) is 0.316. The third kappa shape index (κ3) is 3.30. The Morgan fingerprint density at radius 1 is 1.21 bits per heavy atom. The van der Waals surface area contributed by atoms with Crippen molar-refractivity contribution >= 4 is 11.8 Å². The second-order valence-electron chi connectivity index (χ2n) is 6.14. The molecule has 1 aliphatic rings. The Morgan fingerprint density at radius 3 is 2.67 bits per heavy atom. The number of hydrogen-bond donors (Lipinski definition) is 1. The van der Waals surface area contributed by atoms with Crippen LogP contribution in [-0.2, 0) is 16.1 Å². The van der Waals surface area contributed by atoms with Crippen LogP contribution >= 0.6 is 0 Å². The molecule has 0 bridgehead atoms. The monoisotopic (exact) mass is 323 g/mol. The van der Waals surface area contributed by atoms with Crippen LogP contribution < -0.4 is 5.32 Å². The predicted molar refractivity (Wildman–Crippen MR) is 91.1 cm³/mol. The zero-order chi connectivity index (χ0) is 17.1. The number of aromatic nitrogens is 1. The van der Waals surface area contributed by atoms with Gasteiger partial charge in [-0.3, -0.25) is 14.6 Å². The van der Waals surface area contributed by atoms with Gasteiger partial charge in [0.05, 0.1) is 17.7 Å². The van der Waals surface area contributed by atoms with Gasteiger partial charge in [0.2, 0.25) is 11.8 Å². The molecule has 1 aromatic heterocycles. The lowest BCUT2D eigenvalue weighted by Crippen LogP contribution is -2.44. The first-order valence-electron chi connectivity index (χ1n) is 8.11. The first-order valence-corrected chi connectivity index (χ1v) is 8.11. The SMILES string of the molecule is CC(=O)N1Cc2cccnc2C(C(=O)NC(C)c2ccccc2)C1. The molecule has 24 heavy (non-hydrogen) atoms. The van der Waals surface area contributed by atoms with Gasteiger partial charge in [-0.1, -0.05) is 36.4 Å². The molecule has 2 aromatic rings. The van der Waals surface area contributed by atoms with Gasteiger partial charge in [0, 0.05) is 26.2 Å². The lowest BCUT2D eigenvalue weighted by Gasteiger charge is -2.33. The van der Waals surface area contributed by atoms with Gasteiger partial charge in [0.1, 0.15) is 0 Å². The van der Waals surface area contributed by atoms with Gasteiger partial charge in [-0.05, 0) is 24.1 Å². The van der Waals surface area contributed by atoms with Gasteiger partial charge < -0.3 is 10.2 Å². The van der Waals surface area contributed by atoms with Crippen LogP contribution in [0.5, 0.6) is 0 Å². The van der Waals surface area contributed by atoms with E-state index in [2.05, 4.69) is 10.3 Å². The number of rotatable bonds is 3.